The van der Waals surface area contributed by atoms with Crippen LogP contribution < -0.4 is 5.32 Å². The Labute approximate surface area is 120 Å². The van der Waals surface area contributed by atoms with Gasteiger partial charge in [-0.15, -0.1) is 0 Å². The van der Waals surface area contributed by atoms with Crippen LogP contribution in [-0.4, -0.2) is 36.6 Å². The molecule has 112 valence electrons. The van der Waals surface area contributed by atoms with Crippen LogP contribution in [0.1, 0.15) is 71.6 Å². The van der Waals surface area contributed by atoms with Gasteiger partial charge < -0.3 is 5.32 Å². The van der Waals surface area contributed by atoms with Crippen molar-refractivity contribution < 1.29 is 0 Å². The van der Waals surface area contributed by atoms with Gasteiger partial charge in [-0.3, -0.25) is 4.90 Å². The van der Waals surface area contributed by atoms with E-state index >= 15 is 0 Å². The molecule has 1 aliphatic heterocycles. The number of likely N-dealkylation sites (N-methyl/N-ethyl adjacent to an activating group) is 1. The van der Waals surface area contributed by atoms with Crippen LogP contribution in [0.3, 0.4) is 0 Å². The Morgan fingerprint density at radius 3 is 2.16 bits per heavy atom. The highest BCUT2D eigenvalue weighted by molar-refractivity contribution is 5.00. The van der Waals surface area contributed by atoms with Crippen molar-refractivity contribution in [3.8, 4) is 0 Å². The van der Waals surface area contributed by atoms with Gasteiger partial charge in [-0.2, -0.15) is 0 Å². The Bertz CT molecular complexity index is 254. The zero-order valence-electron chi connectivity index (χ0n) is 13.4. The molecule has 0 aromatic carbocycles. The van der Waals surface area contributed by atoms with Gasteiger partial charge in [-0.1, -0.05) is 32.6 Å². The van der Waals surface area contributed by atoms with Crippen LogP contribution in [0.2, 0.25) is 0 Å². The lowest BCUT2D eigenvalue weighted by atomic mass is 9.73. The molecule has 0 aromatic rings. The minimum Gasteiger partial charge on any atom is -0.315 e. The fourth-order valence-corrected chi connectivity index (χ4v) is 4.57. The molecular weight excluding hydrogens is 232 g/mol. The first-order chi connectivity index (χ1) is 9.22. The molecule has 0 bridgehead atoms. The number of likely N-dealkylation sites (tertiary alicyclic amines) is 1. The lowest BCUT2D eigenvalue weighted by Gasteiger charge is -2.51. The lowest BCUT2D eigenvalue weighted by Crippen LogP contribution is -2.62. The lowest BCUT2D eigenvalue weighted by molar-refractivity contribution is 0.0187. The van der Waals surface area contributed by atoms with E-state index in [1.165, 1.54) is 70.9 Å². The summed E-state index contributed by atoms with van der Waals surface area (Å²) in [6.45, 7) is 7.54. The average Bonchev–Trinajstić information content (AvgIpc) is 2.49. The molecular formula is C17H34N2. The van der Waals surface area contributed by atoms with E-state index in [1.54, 1.807) is 0 Å². The van der Waals surface area contributed by atoms with Crippen molar-refractivity contribution in [3.05, 3.63) is 0 Å². The van der Waals surface area contributed by atoms with E-state index in [0.29, 0.717) is 11.6 Å². The summed E-state index contributed by atoms with van der Waals surface area (Å²) >= 11 is 0. The summed E-state index contributed by atoms with van der Waals surface area (Å²) in [4.78, 5) is 2.80. The zero-order chi connectivity index (χ0) is 13.7. The van der Waals surface area contributed by atoms with Crippen LogP contribution in [0.4, 0.5) is 0 Å². The summed E-state index contributed by atoms with van der Waals surface area (Å²) < 4.78 is 0. The van der Waals surface area contributed by atoms with Gasteiger partial charge in [0.25, 0.3) is 0 Å². The molecule has 0 aromatic heterocycles. The highest BCUT2D eigenvalue weighted by atomic mass is 15.2. The van der Waals surface area contributed by atoms with Crippen LogP contribution in [0.25, 0.3) is 0 Å². The minimum absolute atomic E-state index is 0.358. The standard InChI is InChI=1S/C17H34N2/c1-4-17(2,19-13-9-6-10-14-19)16(18-3)15-11-7-5-8-12-15/h15-16,18H,4-14H2,1-3H3. The summed E-state index contributed by atoms with van der Waals surface area (Å²) in [5.41, 5.74) is 0.358. The number of piperidine rings is 1. The predicted molar refractivity (Wildman–Crippen MR) is 83.5 cm³/mol. The molecule has 19 heavy (non-hydrogen) atoms. The van der Waals surface area contributed by atoms with Gasteiger partial charge in [-0.25, -0.2) is 0 Å². The molecule has 1 N–H and O–H groups in total. The molecule has 0 spiro atoms. The second kappa shape index (κ2) is 7.08. The van der Waals surface area contributed by atoms with Gasteiger partial charge in [0.05, 0.1) is 0 Å². The quantitative estimate of drug-likeness (QED) is 0.814. The topological polar surface area (TPSA) is 15.3 Å². The highest BCUT2D eigenvalue weighted by Crippen LogP contribution is 2.36. The number of nitrogens with zero attached hydrogens (tertiary/aromatic N) is 1. The predicted octanol–water partition coefficient (Wildman–Crippen LogP) is 3.81. The molecule has 2 unspecified atom stereocenters. The van der Waals surface area contributed by atoms with E-state index in [1.807, 2.05) is 0 Å². The average molecular weight is 266 g/mol. The molecule has 0 radical (unpaired) electrons. The smallest absolute Gasteiger partial charge is 0.0334 e. The molecule has 2 aliphatic rings. The molecule has 2 atom stereocenters. The zero-order valence-corrected chi connectivity index (χ0v) is 13.4. The van der Waals surface area contributed by atoms with Crippen molar-refractivity contribution in [1.29, 1.82) is 0 Å². The number of hydrogen-bond donors (Lipinski definition) is 1. The minimum atomic E-state index is 0.358. The first kappa shape index (κ1) is 15.3. The first-order valence-electron chi connectivity index (χ1n) is 8.64. The van der Waals surface area contributed by atoms with Crippen molar-refractivity contribution in [2.45, 2.75) is 83.2 Å². The summed E-state index contributed by atoms with van der Waals surface area (Å²) in [7, 11) is 2.19. The molecule has 1 saturated heterocycles. The maximum atomic E-state index is 3.72. The maximum absolute atomic E-state index is 3.72. The number of rotatable bonds is 5. The fraction of sp³-hybridized carbons (Fsp3) is 1.00. The molecule has 2 nitrogen and oxygen atoms in total. The summed E-state index contributed by atoms with van der Waals surface area (Å²) in [5.74, 6) is 0.894. The Hall–Kier alpha value is -0.0800. The Balaban J connectivity index is 2.10. The van der Waals surface area contributed by atoms with E-state index < -0.39 is 0 Å². The van der Waals surface area contributed by atoms with E-state index in [0.717, 1.165) is 5.92 Å². The van der Waals surface area contributed by atoms with Gasteiger partial charge >= 0.3 is 0 Å². The van der Waals surface area contributed by atoms with Crippen LogP contribution in [0.15, 0.2) is 0 Å². The van der Waals surface area contributed by atoms with Crippen molar-refractivity contribution in [2.24, 2.45) is 5.92 Å². The van der Waals surface area contributed by atoms with Gasteiger partial charge in [0.2, 0.25) is 0 Å². The number of nitrogens with one attached hydrogen (secondary N) is 1. The Morgan fingerprint density at radius 2 is 1.63 bits per heavy atom. The van der Waals surface area contributed by atoms with Crippen LogP contribution in [-0.2, 0) is 0 Å². The van der Waals surface area contributed by atoms with Crippen molar-refractivity contribution in [3.63, 3.8) is 0 Å². The third kappa shape index (κ3) is 3.33. The molecule has 0 amide bonds. The Morgan fingerprint density at radius 1 is 1.05 bits per heavy atom. The Kier molecular flexibility index (Phi) is 5.70. The van der Waals surface area contributed by atoms with E-state index in [9.17, 15) is 0 Å². The first-order valence-corrected chi connectivity index (χ1v) is 8.64. The molecule has 1 aliphatic carbocycles. The van der Waals surface area contributed by atoms with Gasteiger partial charge in [-0.05, 0) is 65.1 Å². The van der Waals surface area contributed by atoms with Crippen LogP contribution >= 0.6 is 0 Å². The molecule has 1 heterocycles. The summed E-state index contributed by atoms with van der Waals surface area (Å²) in [5, 5.41) is 3.72. The largest absolute Gasteiger partial charge is 0.315 e. The third-order valence-electron chi connectivity index (χ3n) is 5.90. The molecule has 2 rings (SSSR count). The maximum Gasteiger partial charge on any atom is 0.0334 e. The second-order valence-corrected chi connectivity index (χ2v) is 6.92. The summed E-state index contributed by atoms with van der Waals surface area (Å²) in [6.07, 6.45) is 12.7. The van der Waals surface area contributed by atoms with Crippen molar-refractivity contribution in [2.75, 3.05) is 20.1 Å². The monoisotopic (exact) mass is 266 g/mol. The second-order valence-electron chi connectivity index (χ2n) is 6.92. The summed E-state index contributed by atoms with van der Waals surface area (Å²) in [6, 6.07) is 0.677. The van der Waals surface area contributed by atoms with Gasteiger partial charge in [0.15, 0.2) is 0 Å². The fourth-order valence-electron chi connectivity index (χ4n) is 4.57. The molecule has 2 fully saturated rings. The van der Waals surface area contributed by atoms with Crippen LogP contribution in [0, 0.1) is 5.92 Å². The SMILES string of the molecule is CCC(C)(C(NC)C1CCCCC1)N1CCCCC1. The van der Waals surface area contributed by atoms with Crippen LogP contribution in [0.5, 0.6) is 0 Å². The third-order valence-corrected chi connectivity index (χ3v) is 5.90. The van der Waals surface area contributed by atoms with E-state index in [-0.39, 0.29) is 0 Å². The molecule has 1 saturated carbocycles. The van der Waals surface area contributed by atoms with Crippen molar-refractivity contribution >= 4 is 0 Å². The molecule has 2 heteroatoms. The van der Waals surface area contributed by atoms with Gasteiger partial charge in [0, 0.05) is 11.6 Å². The van der Waals surface area contributed by atoms with Crippen molar-refractivity contribution in [1.82, 2.24) is 10.2 Å². The highest BCUT2D eigenvalue weighted by Gasteiger charge is 2.41. The van der Waals surface area contributed by atoms with Gasteiger partial charge in [0.1, 0.15) is 0 Å². The van der Waals surface area contributed by atoms with E-state index in [2.05, 4.69) is 31.1 Å². The normalized spacial score (nSPS) is 27.9. The van der Waals surface area contributed by atoms with E-state index in [4.69, 9.17) is 0 Å². The number of hydrogen-bond acceptors (Lipinski definition) is 2.